The Labute approximate surface area is 212 Å². The van der Waals surface area contributed by atoms with Gasteiger partial charge < -0.3 is 19.5 Å². The number of nitrogens with zero attached hydrogens (tertiary/aromatic N) is 1. The van der Waals surface area contributed by atoms with E-state index in [9.17, 15) is 14.7 Å². The quantitative estimate of drug-likeness (QED) is 0.178. The third kappa shape index (κ3) is 4.73. The highest BCUT2D eigenvalue weighted by atomic mass is 16.5. The standard InChI is InChI=1S/C30H33NO5/c1-5-36-25-15-14-21(18-24(25)19(2)3)28(32)26-27(31(16-9-17-35-4)30(34)29(26)33)23-13-8-11-20-10-6-7-12-22(20)23/h6-8,10-15,18-19,27,32H,5,9,16-17H2,1-4H3/b28-26+. The van der Waals surface area contributed by atoms with E-state index in [1.165, 1.54) is 0 Å². The summed E-state index contributed by atoms with van der Waals surface area (Å²) in [5, 5.41) is 13.5. The number of hydrogen-bond donors (Lipinski definition) is 1. The topological polar surface area (TPSA) is 76.1 Å². The van der Waals surface area contributed by atoms with E-state index < -0.39 is 17.7 Å². The van der Waals surface area contributed by atoms with Gasteiger partial charge >= 0.3 is 0 Å². The summed E-state index contributed by atoms with van der Waals surface area (Å²) in [6, 6.07) is 18.4. The first kappa shape index (κ1) is 25.5. The number of ether oxygens (including phenoxy) is 2. The molecule has 1 unspecified atom stereocenters. The second kappa shape index (κ2) is 11.0. The molecule has 6 nitrogen and oxygen atoms in total. The van der Waals surface area contributed by atoms with Crippen molar-refractivity contribution >= 4 is 28.2 Å². The van der Waals surface area contributed by atoms with Crippen molar-refractivity contribution in [1.82, 2.24) is 4.90 Å². The number of methoxy groups -OCH3 is 1. The van der Waals surface area contributed by atoms with E-state index in [0.717, 1.165) is 27.6 Å². The van der Waals surface area contributed by atoms with Crippen LogP contribution in [-0.4, -0.2) is 48.6 Å². The molecule has 0 aromatic heterocycles. The number of Topliss-reactive ketones (excluding diaryl/α,β-unsaturated/α-hetero) is 1. The molecule has 1 N–H and O–H groups in total. The molecule has 188 valence electrons. The van der Waals surface area contributed by atoms with Crippen LogP contribution in [0.2, 0.25) is 0 Å². The molecular formula is C30H33NO5. The molecule has 1 atom stereocenters. The van der Waals surface area contributed by atoms with Crippen LogP contribution in [0.15, 0.2) is 66.2 Å². The maximum atomic E-state index is 13.4. The molecule has 1 amide bonds. The number of hydrogen-bond acceptors (Lipinski definition) is 5. The van der Waals surface area contributed by atoms with Crippen molar-refractivity contribution in [2.75, 3.05) is 26.9 Å². The van der Waals surface area contributed by atoms with Crippen LogP contribution in [0.5, 0.6) is 5.75 Å². The number of likely N-dealkylation sites (tertiary alicyclic amines) is 1. The van der Waals surface area contributed by atoms with E-state index in [1.54, 1.807) is 18.1 Å². The zero-order chi connectivity index (χ0) is 25.8. The molecule has 36 heavy (non-hydrogen) atoms. The highest BCUT2D eigenvalue weighted by Gasteiger charge is 2.46. The van der Waals surface area contributed by atoms with Crippen molar-refractivity contribution in [3.05, 3.63) is 82.9 Å². The monoisotopic (exact) mass is 487 g/mol. The van der Waals surface area contributed by atoms with E-state index in [4.69, 9.17) is 9.47 Å². The molecule has 1 saturated heterocycles. The third-order valence-electron chi connectivity index (χ3n) is 6.61. The van der Waals surface area contributed by atoms with Gasteiger partial charge in [0.2, 0.25) is 0 Å². The zero-order valence-corrected chi connectivity index (χ0v) is 21.3. The Morgan fingerprint density at radius 2 is 1.81 bits per heavy atom. The van der Waals surface area contributed by atoms with Gasteiger partial charge in [0.15, 0.2) is 0 Å². The molecule has 1 aliphatic rings. The fraction of sp³-hybridized carbons (Fsp3) is 0.333. The molecule has 0 spiro atoms. The van der Waals surface area contributed by atoms with Gasteiger partial charge in [-0.1, -0.05) is 56.3 Å². The van der Waals surface area contributed by atoms with E-state index in [1.807, 2.05) is 75.4 Å². The Bertz CT molecular complexity index is 1300. The maximum Gasteiger partial charge on any atom is 0.295 e. The lowest BCUT2D eigenvalue weighted by Gasteiger charge is -2.26. The SMILES string of the molecule is CCOc1ccc(/C(O)=C2\C(=O)C(=O)N(CCCOC)C2c2cccc3ccccc23)cc1C(C)C. The van der Waals surface area contributed by atoms with Crippen molar-refractivity contribution in [2.24, 2.45) is 0 Å². The second-order valence-electron chi connectivity index (χ2n) is 9.25. The molecule has 3 aromatic carbocycles. The van der Waals surface area contributed by atoms with Crippen LogP contribution >= 0.6 is 0 Å². The van der Waals surface area contributed by atoms with Gasteiger partial charge in [-0.2, -0.15) is 0 Å². The second-order valence-corrected chi connectivity index (χ2v) is 9.25. The Hall–Kier alpha value is -3.64. The van der Waals surface area contributed by atoms with Crippen molar-refractivity contribution in [1.29, 1.82) is 0 Å². The van der Waals surface area contributed by atoms with Gasteiger partial charge in [-0.15, -0.1) is 0 Å². The lowest BCUT2D eigenvalue weighted by atomic mass is 9.90. The Balaban J connectivity index is 1.91. The number of rotatable bonds is 9. The number of aliphatic hydroxyl groups is 1. The maximum absolute atomic E-state index is 13.4. The van der Waals surface area contributed by atoms with E-state index in [0.29, 0.717) is 31.7 Å². The van der Waals surface area contributed by atoms with Crippen molar-refractivity contribution in [2.45, 2.75) is 39.2 Å². The van der Waals surface area contributed by atoms with Crippen molar-refractivity contribution in [3.63, 3.8) is 0 Å². The van der Waals surface area contributed by atoms with Crippen LogP contribution in [0.4, 0.5) is 0 Å². The number of carbonyl (C=O) groups excluding carboxylic acids is 2. The van der Waals surface area contributed by atoms with Crippen LogP contribution < -0.4 is 4.74 Å². The lowest BCUT2D eigenvalue weighted by Crippen LogP contribution is -2.31. The zero-order valence-electron chi connectivity index (χ0n) is 21.3. The van der Waals surface area contributed by atoms with Crippen LogP contribution in [-0.2, 0) is 14.3 Å². The van der Waals surface area contributed by atoms with E-state index >= 15 is 0 Å². The van der Waals surface area contributed by atoms with Gasteiger partial charge in [0.05, 0.1) is 18.2 Å². The summed E-state index contributed by atoms with van der Waals surface area (Å²) < 4.78 is 11.0. The Morgan fingerprint density at radius 1 is 1.06 bits per heavy atom. The van der Waals surface area contributed by atoms with Gasteiger partial charge in [-0.3, -0.25) is 9.59 Å². The molecule has 1 fully saturated rings. The first-order valence-electron chi connectivity index (χ1n) is 12.4. The van der Waals surface area contributed by atoms with Crippen molar-refractivity contribution in [3.8, 4) is 5.75 Å². The first-order valence-corrected chi connectivity index (χ1v) is 12.4. The summed E-state index contributed by atoms with van der Waals surface area (Å²) >= 11 is 0. The summed E-state index contributed by atoms with van der Waals surface area (Å²) in [4.78, 5) is 28.2. The number of carbonyl (C=O) groups is 2. The Kier molecular flexibility index (Phi) is 7.75. The minimum absolute atomic E-state index is 0.104. The van der Waals surface area contributed by atoms with Crippen LogP contribution in [0.3, 0.4) is 0 Å². The average Bonchev–Trinajstić information content (AvgIpc) is 3.13. The molecule has 6 heteroatoms. The number of aliphatic hydroxyl groups excluding tert-OH is 1. The number of amides is 1. The minimum atomic E-state index is -0.706. The van der Waals surface area contributed by atoms with Gasteiger partial charge in [0.25, 0.3) is 11.7 Å². The van der Waals surface area contributed by atoms with Crippen LogP contribution in [0.25, 0.3) is 16.5 Å². The molecule has 0 bridgehead atoms. The van der Waals surface area contributed by atoms with Crippen LogP contribution in [0.1, 0.15) is 55.8 Å². The highest BCUT2D eigenvalue weighted by molar-refractivity contribution is 6.46. The summed E-state index contributed by atoms with van der Waals surface area (Å²) in [5.41, 5.74) is 2.33. The van der Waals surface area contributed by atoms with E-state index in [-0.39, 0.29) is 17.3 Å². The summed E-state index contributed by atoms with van der Waals surface area (Å²) in [6.45, 7) is 7.34. The molecular weight excluding hydrogens is 454 g/mol. The lowest BCUT2D eigenvalue weighted by molar-refractivity contribution is -0.140. The molecule has 1 aliphatic heterocycles. The highest BCUT2D eigenvalue weighted by Crippen LogP contribution is 2.42. The normalized spacial score (nSPS) is 17.4. The summed E-state index contributed by atoms with van der Waals surface area (Å²) in [6.07, 6.45) is 0.575. The van der Waals surface area contributed by atoms with Crippen molar-refractivity contribution < 1.29 is 24.2 Å². The molecule has 1 heterocycles. The molecule has 0 saturated carbocycles. The smallest absolute Gasteiger partial charge is 0.295 e. The van der Waals surface area contributed by atoms with Gasteiger partial charge in [0, 0.05) is 25.8 Å². The summed E-state index contributed by atoms with van der Waals surface area (Å²) in [5.74, 6) is -0.576. The average molecular weight is 488 g/mol. The molecule has 0 aliphatic carbocycles. The minimum Gasteiger partial charge on any atom is -0.507 e. The molecule has 3 aromatic rings. The Morgan fingerprint density at radius 3 is 2.53 bits per heavy atom. The van der Waals surface area contributed by atoms with Gasteiger partial charge in [0.1, 0.15) is 11.5 Å². The summed E-state index contributed by atoms with van der Waals surface area (Å²) in [7, 11) is 1.61. The van der Waals surface area contributed by atoms with Gasteiger partial charge in [-0.05, 0) is 59.4 Å². The van der Waals surface area contributed by atoms with Crippen LogP contribution in [0, 0.1) is 0 Å². The third-order valence-corrected chi connectivity index (χ3v) is 6.61. The number of fused-ring (bicyclic) bond motifs is 1. The van der Waals surface area contributed by atoms with Gasteiger partial charge in [-0.25, -0.2) is 0 Å². The molecule has 0 radical (unpaired) electrons. The fourth-order valence-electron chi connectivity index (χ4n) is 4.89. The largest absolute Gasteiger partial charge is 0.507 e. The molecule has 4 rings (SSSR count). The first-order chi connectivity index (χ1) is 17.4. The number of ketones is 1. The predicted molar refractivity (Wildman–Crippen MR) is 141 cm³/mol. The predicted octanol–water partition coefficient (Wildman–Crippen LogP) is 5.82. The number of benzene rings is 3. The fourth-order valence-corrected chi connectivity index (χ4v) is 4.89. The van der Waals surface area contributed by atoms with E-state index in [2.05, 4.69) is 0 Å².